The highest BCUT2D eigenvalue weighted by Crippen LogP contribution is 2.31. The summed E-state index contributed by atoms with van der Waals surface area (Å²) in [4.78, 5) is 24.5. The Balaban J connectivity index is 1.87. The average molecular weight is 446 g/mol. The van der Waals surface area contributed by atoms with Crippen LogP contribution in [0, 0.1) is 5.92 Å². The minimum absolute atomic E-state index is 0.0415. The van der Waals surface area contributed by atoms with Gasteiger partial charge in [-0.1, -0.05) is 24.3 Å². The summed E-state index contributed by atoms with van der Waals surface area (Å²) >= 11 is 0. The Hall–Kier alpha value is -2.71. The summed E-state index contributed by atoms with van der Waals surface area (Å²) < 4.78 is 37.6. The van der Waals surface area contributed by atoms with Crippen LogP contribution in [0.2, 0.25) is 0 Å². The topological polar surface area (TPSA) is 90.0 Å². The monoisotopic (exact) mass is 445 g/mol. The molecule has 8 heteroatoms. The number of methoxy groups -OCH3 is 2. The first kappa shape index (κ1) is 23.0. The van der Waals surface area contributed by atoms with Crippen molar-refractivity contribution in [1.82, 2.24) is 4.31 Å². The maximum absolute atomic E-state index is 13.3. The number of sulfonamides is 1. The van der Waals surface area contributed by atoms with Crippen molar-refractivity contribution in [3.63, 3.8) is 0 Å². The molecule has 2 unspecified atom stereocenters. The number of esters is 1. The zero-order valence-corrected chi connectivity index (χ0v) is 18.7. The lowest BCUT2D eigenvalue weighted by molar-refractivity contribution is -0.147. The maximum atomic E-state index is 13.3. The van der Waals surface area contributed by atoms with E-state index in [2.05, 4.69) is 0 Å². The summed E-state index contributed by atoms with van der Waals surface area (Å²) in [5.41, 5.74) is 1.78. The summed E-state index contributed by atoms with van der Waals surface area (Å²) in [5.74, 6) is -0.271. The summed E-state index contributed by atoms with van der Waals surface area (Å²) in [7, 11) is 0.219. The molecular formula is C23H27NO6S. The van der Waals surface area contributed by atoms with Gasteiger partial charge in [-0.3, -0.25) is 9.59 Å². The molecule has 0 radical (unpaired) electrons. The molecule has 0 aliphatic heterocycles. The van der Waals surface area contributed by atoms with Gasteiger partial charge in [-0.15, -0.1) is 0 Å². The van der Waals surface area contributed by atoms with Gasteiger partial charge in [-0.2, -0.15) is 4.31 Å². The van der Waals surface area contributed by atoms with E-state index in [1.54, 1.807) is 19.2 Å². The largest absolute Gasteiger partial charge is 0.497 e. The van der Waals surface area contributed by atoms with Crippen LogP contribution in [0.5, 0.6) is 5.75 Å². The second kappa shape index (κ2) is 9.62. The molecule has 0 saturated heterocycles. The van der Waals surface area contributed by atoms with E-state index in [4.69, 9.17) is 9.47 Å². The Morgan fingerprint density at radius 2 is 1.61 bits per heavy atom. The minimum Gasteiger partial charge on any atom is -0.497 e. The number of Topliss-reactive ketones (excluding diaryl/α,β-unsaturated/α-hetero) is 1. The smallest absolute Gasteiger partial charge is 0.324 e. The number of hydrogen-bond acceptors (Lipinski definition) is 6. The van der Waals surface area contributed by atoms with E-state index in [1.807, 2.05) is 24.3 Å². The van der Waals surface area contributed by atoms with E-state index in [0.717, 1.165) is 21.2 Å². The number of likely N-dealkylation sites (N-methyl/N-ethyl adjacent to an activating group) is 1. The fraction of sp³-hybridized carbons (Fsp3) is 0.391. The average Bonchev–Trinajstić information content (AvgIpc) is 2.79. The lowest BCUT2D eigenvalue weighted by Gasteiger charge is -2.33. The number of carbonyl (C=O) groups is 2. The van der Waals surface area contributed by atoms with Gasteiger partial charge in [0, 0.05) is 19.9 Å². The third-order valence-electron chi connectivity index (χ3n) is 5.76. The molecule has 1 aliphatic rings. The highest BCUT2D eigenvalue weighted by atomic mass is 32.2. The van der Waals surface area contributed by atoms with Crippen molar-refractivity contribution in [2.75, 3.05) is 21.3 Å². The number of carbonyl (C=O) groups excluding carboxylic acids is 2. The normalized spacial score (nSPS) is 17.9. The van der Waals surface area contributed by atoms with Crippen LogP contribution in [-0.4, -0.2) is 51.8 Å². The lowest BCUT2D eigenvalue weighted by atomic mass is 9.83. The predicted molar refractivity (Wildman–Crippen MR) is 116 cm³/mol. The van der Waals surface area contributed by atoms with Crippen LogP contribution in [-0.2, 0) is 24.3 Å². The van der Waals surface area contributed by atoms with Crippen LogP contribution in [0.3, 0.4) is 0 Å². The van der Waals surface area contributed by atoms with Crippen LogP contribution in [0.1, 0.15) is 25.7 Å². The van der Waals surface area contributed by atoms with Crippen molar-refractivity contribution < 1.29 is 27.5 Å². The molecule has 0 bridgehead atoms. The molecule has 3 rings (SSSR count). The van der Waals surface area contributed by atoms with Crippen LogP contribution in [0.4, 0.5) is 0 Å². The quantitative estimate of drug-likeness (QED) is 0.608. The molecule has 0 amide bonds. The van der Waals surface area contributed by atoms with Gasteiger partial charge in [0.05, 0.1) is 19.1 Å². The van der Waals surface area contributed by atoms with Crippen molar-refractivity contribution in [2.45, 2.75) is 36.6 Å². The van der Waals surface area contributed by atoms with Crippen molar-refractivity contribution in [3.05, 3.63) is 48.5 Å². The van der Waals surface area contributed by atoms with Gasteiger partial charge in [0.25, 0.3) is 0 Å². The lowest BCUT2D eigenvalue weighted by Crippen LogP contribution is -2.48. The summed E-state index contributed by atoms with van der Waals surface area (Å²) in [6, 6.07) is 12.9. The molecule has 0 aromatic heterocycles. The van der Waals surface area contributed by atoms with E-state index < -0.39 is 28.0 Å². The molecule has 1 fully saturated rings. The Morgan fingerprint density at radius 1 is 1.03 bits per heavy atom. The Kier molecular flexibility index (Phi) is 7.12. The summed E-state index contributed by atoms with van der Waals surface area (Å²) in [6.07, 6.45) is 1.88. The molecule has 0 N–H and O–H groups in total. The molecule has 1 saturated carbocycles. The SMILES string of the molecule is COC(=O)C(C1CCCC(=O)C1)N(C)S(=O)(=O)c1ccc(-c2ccc(OC)cc2)cc1. The van der Waals surface area contributed by atoms with Gasteiger partial charge < -0.3 is 9.47 Å². The van der Waals surface area contributed by atoms with E-state index in [1.165, 1.54) is 26.3 Å². The summed E-state index contributed by atoms with van der Waals surface area (Å²) in [6.45, 7) is 0. The van der Waals surface area contributed by atoms with Crippen LogP contribution < -0.4 is 4.74 Å². The molecule has 0 heterocycles. The van der Waals surface area contributed by atoms with Gasteiger partial charge in [0.2, 0.25) is 10.0 Å². The molecule has 2 atom stereocenters. The van der Waals surface area contributed by atoms with E-state index >= 15 is 0 Å². The third kappa shape index (κ3) is 4.97. The van der Waals surface area contributed by atoms with Crippen molar-refractivity contribution in [1.29, 1.82) is 0 Å². The first-order valence-electron chi connectivity index (χ1n) is 10.1. The molecule has 31 heavy (non-hydrogen) atoms. The van der Waals surface area contributed by atoms with E-state index in [0.29, 0.717) is 19.3 Å². The number of rotatable bonds is 7. The number of hydrogen-bond donors (Lipinski definition) is 0. The Morgan fingerprint density at radius 3 is 2.13 bits per heavy atom. The fourth-order valence-electron chi connectivity index (χ4n) is 4.00. The Bertz CT molecular complexity index is 1030. The number of benzene rings is 2. The number of ketones is 1. The zero-order chi connectivity index (χ0) is 22.6. The number of nitrogens with zero attached hydrogens (tertiary/aromatic N) is 1. The second-order valence-corrected chi connectivity index (χ2v) is 9.63. The zero-order valence-electron chi connectivity index (χ0n) is 17.9. The molecule has 2 aromatic rings. The standard InChI is InChI=1S/C23H27NO6S/c1-24(22(23(26)30-3)18-5-4-6-19(25)15-18)31(27,28)21-13-9-17(10-14-21)16-7-11-20(29-2)12-8-16/h7-14,18,22H,4-6,15H2,1-3H3. The van der Waals surface area contributed by atoms with Gasteiger partial charge in [0.15, 0.2) is 0 Å². The first-order valence-corrected chi connectivity index (χ1v) is 11.5. The predicted octanol–water partition coefficient (Wildman–Crippen LogP) is 3.28. The van der Waals surface area contributed by atoms with Gasteiger partial charge in [-0.05, 0) is 54.2 Å². The minimum atomic E-state index is -3.97. The van der Waals surface area contributed by atoms with Crippen LogP contribution in [0.25, 0.3) is 11.1 Å². The van der Waals surface area contributed by atoms with Gasteiger partial charge in [-0.25, -0.2) is 8.42 Å². The van der Waals surface area contributed by atoms with Crippen molar-refractivity contribution >= 4 is 21.8 Å². The fourth-order valence-corrected chi connectivity index (χ4v) is 5.37. The van der Waals surface area contributed by atoms with E-state index in [9.17, 15) is 18.0 Å². The maximum Gasteiger partial charge on any atom is 0.324 e. The molecule has 2 aromatic carbocycles. The van der Waals surface area contributed by atoms with Crippen LogP contribution >= 0.6 is 0 Å². The third-order valence-corrected chi connectivity index (χ3v) is 7.61. The molecule has 1 aliphatic carbocycles. The van der Waals surface area contributed by atoms with Gasteiger partial charge >= 0.3 is 5.97 Å². The van der Waals surface area contributed by atoms with Gasteiger partial charge in [0.1, 0.15) is 17.6 Å². The molecular weight excluding hydrogens is 418 g/mol. The second-order valence-electron chi connectivity index (χ2n) is 7.64. The summed E-state index contributed by atoms with van der Waals surface area (Å²) in [5, 5.41) is 0. The molecule has 7 nitrogen and oxygen atoms in total. The highest BCUT2D eigenvalue weighted by Gasteiger charge is 2.41. The van der Waals surface area contributed by atoms with Crippen molar-refractivity contribution in [2.24, 2.45) is 5.92 Å². The van der Waals surface area contributed by atoms with E-state index in [-0.39, 0.29) is 17.1 Å². The molecule has 0 spiro atoms. The molecule has 166 valence electrons. The highest BCUT2D eigenvalue weighted by molar-refractivity contribution is 7.89. The first-order chi connectivity index (χ1) is 14.8. The van der Waals surface area contributed by atoms with Crippen LogP contribution in [0.15, 0.2) is 53.4 Å². The van der Waals surface area contributed by atoms with Crippen molar-refractivity contribution in [3.8, 4) is 16.9 Å². The Labute approximate surface area is 183 Å². The number of ether oxygens (including phenoxy) is 2.